The first-order valence-corrected chi connectivity index (χ1v) is 5.09. The van der Waals surface area contributed by atoms with Crippen LogP contribution in [0.3, 0.4) is 0 Å². The third-order valence-corrected chi connectivity index (χ3v) is 2.43. The summed E-state index contributed by atoms with van der Waals surface area (Å²) in [5.41, 5.74) is 2.45. The fourth-order valence-electron chi connectivity index (χ4n) is 1.65. The van der Waals surface area contributed by atoms with Gasteiger partial charge in [0.15, 0.2) is 5.78 Å². The van der Waals surface area contributed by atoms with Crippen LogP contribution in [0.4, 0.5) is 0 Å². The first kappa shape index (κ1) is 10.5. The molecular formula is C12H13N3O. The molecule has 0 N–H and O–H groups in total. The molecule has 0 aliphatic carbocycles. The van der Waals surface area contributed by atoms with Gasteiger partial charge in [-0.05, 0) is 24.6 Å². The highest BCUT2D eigenvalue weighted by Crippen LogP contribution is 2.09. The van der Waals surface area contributed by atoms with Crippen molar-refractivity contribution in [2.75, 3.05) is 0 Å². The normalized spacial score (nSPS) is 10.4. The molecule has 4 heteroatoms. The van der Waals surface area contributed by atoms with E-state index in [0.29, 0.717) is 12.0 Å². The Morgan fingerprint density at radius 1 is 1.38 bits per heavy atom. The number of hydrogen-bond donors (Lipinski definition) is 0. The van der Waals surface area contributed by atoms with Gasteiger partial charge in [-0.3, -0.25) is 14.5 Å². The zero-order valence-electron chi connectivity index (χ0n) is 9.34. The molecule has 0 aliphatic rings. The van der Waals surface area contributed by atoms with Crippen LogP contribution in [-0.4, -0.2) is 20.5 Å². The lowest BCUT2D eigenvalue weighted by Gasteiger charge is -1.98. The molecule has 2 rings (SSSR count). The molecule has 16 heavy (non-hydrogen) atoms. The number of carbonyl (C=O) groups is 1. The van der Waals surface area contributed by atoms with Gasteiger partial charge >= 0.3 is 0 Å². The number of rotatable bonds is 3. The van der Waals surface area contributed by atoms with Gasteiger partial charge in [-0.25, -0.2) is 0 Å². The van der Waals surface area contributed by atoms with Crippen molar-refractivity contribution >= 4 is 5.78 Å². The molecular weight excluding hydrogens is 202 g/mol. The molecule has 0 aromatic carbocycles. The van der Waals surface area contributed by atoms with E-state index in [1.54, 1.807) is 23.3 Å². The molecule has 0 radical (unpaired) electrons. The molecule has 0 aliphatic heterocycles. The van der Waals surface area contributed by atoms with E-state index in [4.69, 9.17) is 0 Å². The summed E-state index contributed by atoms with van der Waals surface area (Å²) in [6.45, 7) is 1.85. The highest BCUT2D eigenvalue weighted by Gasteiger charge is 2.12. The Morgan fingerprint density at radius 2 is 2.06 bits per heavy atom. The van der Waals surface area contributed by atoms with Crippen LogP contribution in [0, 0.1) is 6.92 Å². The van der Waals surface area contributed by atoms with Gasteiger partial charge in [-0.2, -0.15) is 5.10 Å². The van der Waals surface area contributed by atoms with Crippen molar-refractivity contribution < 1.29 is 4.79 Å². The third-order valence-electron chi connectivity index (χ3n) is 2.43. The van der Waals surface area contributed by atoms with E-state index >= 15 is 0 Å². The molecule has 0 saturated carbocycles. The summed E-state index contributed by atoms with van der Waals surface area (Å²) in [6, 6.07) is 3.70. The Morgan fingerprint density at radius 3 is 2.62 bits per heavy atom. The van der Waals surface area contributed by atoms with Crippen LogP contribution in [0.1, 0.15) is 21.6 Å². The van der Waals surface area contributed by atoms with Crippen molar-refractivity contribution in [1.29, 1.82) is 0 Å². The second-order valence-corrected chi connectivity index (χ2v) is 3.76. The molecule has 0 unspecified atom stereocenters. The number of aryl methyl sites for hydroxylation is 2. The minimum Gasteiger partial charge on any atom is -0.294 e. The Hall–Kier alpha value is -1.97. The Balaban J connectivity index is 2.18. The first-order chi connectivity index (χ1) is 7.66. The van der Waals surface area contributed by atoms with Crippen molar-refractivity contribution in [3.8, 4) is 0 Å². The number of hydrogen-bond acceptors (Lipinski definition) is 3. The number of aromatic nitrogens is 3. The van der Waals surface area contributed by atoms with Gasteiger partial charge in [0.05, 0.1) is 11.3 Å². The van der Waals surface area contributed by atoms with Gasteiger partial charge < -0.3 is 0 Å². The lowest BCUT2D eigenvalue weighted by Crippen LogP contribution is -2.04. The summed E-state index contributed by atoms with van der Waals surface area (Å²) in [7, 11) is 1.82. The van der Waals surface area contributed by atoms with Gasteiger partial charge in [-0.1, -0.05) is 0 Å². The first-order valence-electron chi connectivity index (χ1n) is 5.09. The Bertz CT molecular complexity index is 502. The number of nitrogens with zero attached hydrogens (tertiary/aromatic N) is 3. The van der Waals surface area contributed by atoms with E-state index in [0.717, 1.165) is 11.3 Å². The van der Waals surface area contributed by atoms with Crippen LogP contribution in [-0.2, 0) is 13.5 Å². The van der Waals surface area contributed by atoms with E-state index in [2.05, 4.69) is 10.1 Å². The molecule has 2 aromatic rings. The fourth-order valence-corrected chi connectivity index (χ4v) is 1.65. The number of pyridine rings is 1. The van der Waals surface area contributed by atoms with Gasteiger partial charge in [0.1, 0.15) is 0 Å². The minimum absolute atomic E-state index is 0.0943. The van der Waals surface area contributed by atoms with Gasteiger partial charge in [0.2, 0.25) is 0 Å². The molecule has 0 spiro atoms. The summed E-state index contributed by atoms with van der Waals surface area (Å²) < 4.78 is 1.66. The zero-order chi connectivity index (χ0) is 11.5. The predicted molar refractivity (Wildman–Crippen MR) is 60.2 cm³/mol. The summed E-state index contributed by atoms with van der Waals surface area (Å²) in [5, 5.41) is 4.16. The molecule has 0 atom stereocenters. The quantitative estimate of drug-likeness (QED) is 0.730. The van der Waals surface area contributed by atoms with Crippen molar-refractivity contribution in [2.24, 2.45) is 7.05 Å². The van der Waals surface area contributed by atoms with Crippen LogP contribution < -0.4 is 0 Å². The second-order valence-electron chi connectivity index (χ2n) is 3.76. The van der Waals surface area contributed by atoms with Gasteiger partial charge in [0.25, 0.3) is 0 Å². The fraction of sp³-hybridized carbons (Fsp3) is 0.250. The maximum Gasteiger partial charge on any atom is 0.170 e. The highest BCUT2D eigenvalue weighted by atomic mass is 16.1. The number of ketones is 1. The summed E-state index contributed by atoms with van der Waals surface area (Å²) in [4.78, 5) is 15.9. The second kappa shape index (κ2) is 4.26. The molecule has 0 fully saturated rings. The minimum atomic E-state index is 0.0943. The predicted octanol–water partition coefficient (Wildman–Crippen LogP) is 1.55. The molecule has 4 nitrogen and oxygen atoms in total. The smallest absolute Gasteiger partial charge is 0.170 e. The van der Waals surface area contributed by atoms with Crippen molar-refractivity contribution in [3.63, 3.8) is 0 Å². The van der Waals surface area contributed by atoms with Crippen LogP contribution >= 0.6 is 0 Å². The van der Waals surface area contributed by atoms with E-state index < -0.39 is 0 Å². The third kappa shape index (κ3) is 2.16. The average molecular weight is 215 g/mol. The van der Waals surface area contributed by atoms with Crippen molar-refractivity contribution in [3.05, 3.63) is 47.5 Å². The van der Waals surface area contributed by atoms with Crippen LogP contribution in [0.15, 0.2) is 30.7 Å². The van der Waals surface area contributed by atoms with E-state index in [9.17, 15) is 4.79 Å². The maximum absolute atomic E-state index is 12.0. The lowest BCUT2D eigenvalue weighted by molar-refractivity contribution is 0.0992. The molecule has 2 aromatic heterocycles. The van der Waals surface area contributed by atoms with Gasteiger partial charge in [-0.15, -0.1) is 0 Å². The van der Waals surface area contributed by atoms with E-state index in [1.165, 1.54) is 0 Å². The number of Topliss-reactive ketones (excluding diaryl/α,β-unsaturated/α-hetero) is 1. The molecule has 0 bridgehead atoms. The standard InChI is InChI=1S/C12H13N3O/c1-9-11(8-15(2)14-9)12(16)7-10-3-5-13-6-4-10/h3-6,8H,7H2,1-2H3. The topological polar surface area (TPSA) is 47.8 Å². The summed E-state index contributed by atoms with van der Waals surface area (Å²) in [5.74, 6) is 0.0943. The average Bonchev–Trinajstić information content (AvgIpc) is 2.59. The van der Waals surface area contributed by atoms with Crippen LogP contribution in [0.25, 0.3) is 0 Å². The zero-order valence-corrected chi connectivity index (χ0v) is 9.34. The van der Waals surface area contributed by atoms with Crippen LogP contribution in [0.2, 0.25) is 0 Å². The monoisotopic (exact) mass is 215 g/mol. The molecule has 82 valence electrons. The van der Waals surface area contributed by atoms with Gasteiger partial charge in [0, 0.05) is 32.1 Å². The lowest BCUT2D eigenvalue weighted by atomic mass is 10.1. The molecule has 0 saturated heterocycles. The largest absolute Gasteiger partial charge is 0.294 e. The van der Waals surface area contributed by atoms with Crippen molar-refractivity contribution in [2.45, 2.75) is 13.3 Å². The Kier molecular flexibility index (Phi) is 2.81. The number of carbonyl (C=O) groups excluding carboxylic acids is 1. The summed E-state index contributed by atoms with van der Waals surface area (Å²) >= 11 is 0. The SMILES string of the molecule is Cc1nn(C)cc1C(=O)Cc1ccncc1. The van der Waals surface area contributed by atoms with Crippen LogP contribution in [0.5, 0.6) is 0 Å². The van der Waals surface area contributed by atoms with E-state index in [-0.39, 0.29) is 5.78 Å². The van der Waals surface area contributed by atoms with Crippen molar-refractivity contribution in [1.82, 2.24) is 14.8 Å². The molecule has 2 heterocycles. The summed E-state index contributed by atoms with van der Waals surface area (Å²) in [6.07, 6.45) is 5.55. The Labute approximate surface area is 93.9 Å². The highest BCUT2D eigenvalue weighted by molar-refractivity contribution is 5.98. The maximum atomic E-state index is 12.0. The molecule has 0 amide bonds. The van der Waals surface area contributed by atoms with E-state index in [1.807, 2.05) is 26.1 Å².